The maximum atomic E-state index is 12.3. The van der Waals surface area contributed by atoms with Gasteiger partial charge in [0.15, 0.2) is 5.58 Å². The first kappa shape index (κ1) is 20.0. The van der Waals surface area contributed by atoms with E-state index >= 15 is 0 Å². The summed E-state index contributed by atoms with van der Waals surface area (Å²) >= 11 is 0. The first-order valence-corrected chi connectivity index (χ1v) is 9.62. The van der Waals surface area contributed by atoms with Crippen molar-refractivity contribution >= 4 is 17.0 Å². The maximum absolute atomic E-state index is 12.3. The van der Waals surface area contributed by atoms with Crippen LogP contribution in [0.1, 0.15) is 63.3 Å². The van der Waals surface area contributed by atoms with E-state index in [1.165, 1.54) is 6.07 Å². The summed E-state index contributed by atoms with van der Waals surface area (Å²) in [6.07, 6.45) is 10.4. The number of aliphatic hydroxyl groups is 1. The summed E-state index contributed by atoms with van der Waals surface area (Å²) in [7, 11) is 0. The summed E-state index contributed by atoms with van der Waals surface area (Å²) in [5.41, 5.74) is 1.29. The Morgan fingerprint density at radius 3 is 2.75 bits per heavy atom. The van der Waals surface area contributed by atoms with Gasteiger partial charge in [0.25, 0.3) is 0 Å². The number of aryl methyl sites for hydroxylation is 1. The molecule has 1 unspecified atom stereocenters. The Balaban J connectivity index is 2.50. The minimum absolute atomic E-state index is 0.0253. The number of hydrogen-bond acceptors (Lipinski definition) is 5. The normalized spacial score (nSPS) is 15.6. The third-order valence-electron chi connectivity index (χ3n) is 4.80. The van der Waals surface area contributed by atoms with Crippen molar-refractivity contribution in [1.82, 2.24) is 0 Å². The molecule has 0 saturated heterocycles. The monoisotopic (exact) mass is 382 g/mol. The molecule has 1 aliphatic rings. The van der Waals surface area contributed by atoms with Gasteiger partial charge in [0.1, 0.15) is 23.7 Å². The molecule has 0 bridgehead atoms. The second-order valence-corrected chi connectivity index (χ2v) is 7.49. The lowest BCUT2D eigenvalue weighted by atomic mass is 9.91. The predicted molar refractivity (Wildman–Crippen MR) is 110 cm³/mol. The molecule has 1 N–H and O–H groups in total. The molecule has 0 fully saturated rings. The van der Waals surface area contributed by atoms with Gasteiger partial charge in [0.2, 0.25) is 0 Å². The van der Waals surface area contributed by atoms with Crippen LogP contribution in [0, 0.1) is 12.3 Å². The van der Waals surface area contributed by atoms with Crippen LogP contribution in [-0.2, 0) is 6.42 Å². The summed E-state index contributed by atoms with van der Waals surface area (Å²) < 4.78 is 17.7. The Morgan fingerprint density at radius 1 is 1.36 bits per heavy atom. The first-order valence-electron chi connectivity index (χ1n) is 9.62. The van der Waals surface area contributed by atoms with Gasteiger partial charge in [-0.1, -0.05) is 26.2 Å². The van der Waals surface area contributed by atoms with Gasteiger partial charge in [-0.25, -0.2) is 4.79 Å². The quantitative estimate of drug-likeness (QED) is 0.593. The average Bonchev–Trinajstić information content (AvgIpc) is 2.64. The van der Waals surface area contributed by atoms with Gasteiger partial charge in [-0.05, 0) is 44.4 Å². The molecule has 28 heavy (non-hydrogen) atoms. The third-order valence-corrected chi connectivity index (χ3v) is 4.80. The molecule has 1 atom stereocenters. The molecule has 0 saturated carbocycles. The van der Waals surface area contributed by atoms with Crippen LogP contribution >= 0.6 is 0 Å². The maximum Gasteiger partial charge on any atom is 0.336 e. The molecule has 0 radical (unpaired) electrons. The van der Waals surface area contributed by atoms with Gasteiger partial charge in [-0.2, -0.15) is 0 Å². The fourth-order valence-corrected chi connectivity index (χ4v) is 3.55. The lowest BCUT2D eigenvalue weighted by Crippen LogP contribution is -2.28. The molecule has 0 amide bonds. The summed E-state index contributed by atoms with van der Waals surface area (Å²) in [6, 6.07) is 1.50. The number of fused-ring (bicyclic) bond motifs is 3. The lowest BCUT2D eigenvalue weighted by molar-refractivity contribution is 0.157. The van der Waals surface area contributed by atoms with Gasteiger partial charge in [0.05, 0.1) is 22.6 Å². The number of terminal acetylenes is 1. The standard InChI is InChI=1S/C23H26O5/c1-6-9-14-13-17(25)27-22-18(14)21-15(10-11-23(4,5)28-21)20(26-12-7-2)19(22)16(24)8-3/h2,10-11,13,16,24H,6,8-9,12H2,1,3-5H3. The van der Waals surface area contributed by atoms with Crippen LogP contribution in [-0.4, -0.2) is 17.3 Å². The third kappa shape index (κ3) is 3.53. The Hall–Kier alpha value is -2.71. The van der Waals surface area contributed by atoms with Crippen LogP contribution in [0.25, 0.3) is 17.0 Å². The fourth-order valence-electron chi connectivity index (χ4n) is 3.55. The number of benzene rings is 1. The van der Waals surface area contributed by atoms with Crippen molar-refractivity contribution in [2.75, 3.05) is 6.61 Å². The highest BCUT2D eigenvalue weighted by molar-refractivity contribution is 5.97. The summed E-state index contributed by atoms with van der Waals surface area (Å²) in [4.78, 5) is 12.3. The number of ether oxygens (including phenoxy) is 2. The second-order valence-electron chi connectivity index (χ2n) is 7.49. The first-order chi connectivity index (χ1) is 13.3. The van der Waals surface area contributed by atoms with Crippen molar-refractivity contribution in [2.24, 2.45) is 0 Å². The fraction of sp³-hybridized carbons (Fsp3) is 0.435. The summed E-state index contributed by atoms with van der Waals surface area (Å²) in [5, 5.41) is 11.5. The topological polar surface area (TPSA) is 68.9 Å². The van der Waals surface area contributed by atoms with Crippen molar-refractivity contribution in [1.29, 1.82) is 0 Å². The van der Waals surface area contributed by atoms with Crippen molar-refractivity contribution in [3.8, 4) is 23.8 Å². The smallest absolute Gasteiger partial charge is 0.336 e. The Labute approximate surface area is 165 Å². The molecule has 2 heterocycles. The van der Waals surface area contributed by atoms with E-state index in [2.05, 4.69) is 5.92 Å². The zero-order valence-electron chi connectivity index (χ0n) is 16.8. The molecule has 2 aromatic rings. The summed E-state index contributed by atoms with van der Waals surface area (Å²) in [6.45, 7) is 7.83. The molecular weight excluding hydrogens is 356 g/mol. The summed E-state index contributed by atoms with van der Waals surface area (Å²) in [5.74, 6) is 3.45. The van der Waals surface area contributed by atoms with Gasteiger partial charge in [-0.3, -0.25) is 0 Å². The van der Waals surface area contributed by atoms with E-state index in [9.17, 15) is 9.90 Å². The second kappa shape index (κ2) is 7.73. The number of rotatable bonds is 6. The molecule has 1 aromatic heterocycles. The molecular formula is C23H26O5. The minimum Gasteiger partial charge on any atom is -0.482 e. The van der Waals surface area contributed by atoms with Gasteiger partial charge >= 0.3 is 5.63 Å². The van der Waals surface area contributed by atoms with Crippen LogP contribution in [0.15, 0.2) is 21.4 Å². The highest BCUT2D eigenvalue weighted by atomic mass is 16.5. The van der Waals surface area contributed by atoms with Crippen molar-refractivity contribution in [2.45, 2.75) is 58.7 Å². The molecule has 0 spiro atoms. The van der Waals surface area contributed by atoms with E-state index in [-0.39, 0.29) is 6.61 Å². The molecule has 1 aliphatic heterocycles. The van der Waals surface area contributed by atoms with Crippen LogP contribution in [0.2, 0.25) is 0 Å². The average molecular weight is 382 g/mol. The molecule has 148 valence electrons. The van der Waals surface area contributed by atoms with Crippen molar-refractivity contribution < 1.29 is 19.0 Å². The van der Waals surface area contributed by atoms with E-state index in [0.717, 1.165) is 12.0 Å². The van der Waals surface area contributed by atoms with Gasteiger partial charge in [-0.15, -0.1) is 6.42 Å². The van der Waals surface area contributed by atoms with Gasteiger partial charge in [0, 0.05) is 6.07 Å². The van der Waals surface area contributed by atoms with E-state index < -0.39 is 17.3 Å². The number of hydrogen-bond donors (Lipinski definition) is 1. The molecule has 1 aromatic carbocycles. The Bertz CT molecular complexity index is 1020. The van der Waals surface area contributed by atoms with Gasteiger partial charge < -0.3 is 19.0 Å². The minimum atomic E-state index is -0.871. The molecule has 5 nitrogen and oxygen atoms in total. The highest BCUT2D eigenvalue weighted by Gasteiger charge is 2.32. The van der Waals surface area contributed by atoms with E-state index in [1.54, 1.807) is 0 Å². The SMILES string of the molecule is C#CCOc1c2c(c3c(CCC)cc(=O)oc3c1C(O)CC)OC(C)(C)C=C2. The van der Waals surface area contributed by atoms with Crippen molar-refractivity contribution in [3.63, 3.8) is 0 Å². The largest absolute Gasteiger partial charge is 0.482 e. The number of aliphatic hydroxyl groups excluding tert-OH is 1. The highest BCUT2D eigenvalue weighted by Crippen LogP contribution is 2.48. The molecule has 5 heteroatoms. The van der Waals surface area contributed by atoms with Crippen molar-refractivity contribution in [3.05, 3.63) is 39.3 Å². The van der Waals surface area contributed by atoms with E-state index in [1.807, 2.05) is 39.8 Å². The Kier molecular flexibility index (Phi) is 5.53. The zero-order valence-corrected chi connectivity index (χ0v) is 16.8. The molecule has 3 rings (SSSR count). The zero-order chi connectivity index (χ0) is 20.5. The van der Waals surface area contributed by atoms with Crippen LogP contribution < -0.4 is 15.1 Å². The van der Waals surface area contributed by atoms with E-state index in [4.69, 9.17) is 20.3 Å². The molecule has 0 aliphatic carbocycles. The predicted octanol–water partition coefficient (Wildman–Crippen LogP) is 4.39. The van der Waals surface area contributed by atoms with Crippen LogP contribution in [0.4, 0.5) is 0 Å². The lowest BCUT2D eigenvalue weighted by Gasteiger charge is -2.31. The van der Waals surface area contributed by atoms with E-state index in [0.29, 0.717) is 46.4 Å². The van der Waals surface area contributed by atoms with Crippen LogP contribution in [0.5, 0.6) is 11.5 Å². The van der Waals surface area contributed by atoms with Crippen LogP contribution in [0.3, 0.4) is 0 Å². The Morgan fingerprint density at radius 2 is 2.11 bits per heavy atom.